The molecule has 2 aromatic heterocycles. The molecule has 2 heterocycles. The van der Waals surface area contributed by atoms with Crippen molar-refractivity contribution in [3.63, 3.8) is 0 Å². The van der Waals surface area contributed by atoms with E-state index >= 15 is 0 Å². The summed E-state index contributed by atoms with van der Waals surface area (Å²) in [4.78, 5) is 0. The van der Waals surface area contributed by atoms with Crippen LogP contribution >= 0.6 is 11.8 Å². The van der Waals surface area contributed by atoms with Crippen molar-refractivity contribution in [2.45, 2.75) is 57.0 Å². The van der Waals surface area contributed by atoms with Gasteiger partial charge in [0.1, 0.15) is 0 Å². The zero-order valence-electron chi connectivity index (χ0n) is 14.5. The normalized spacial score (nSPS) is 11.1. The Hall–Kier alpha value is -2.29. The smallest absolute Gasteiger partial charge is 0.214 e. The van der Waals surface area contributed by atoms with E-state index < -0.39 is 0 Å². The summed E-state index contributed by atoms with van der Waals surface area (Å²) < 4.78 is 3.58. The van der Waals surface area contributed by atoms with Gasteiger partial charge < -0.3 is 0 Å². The molecule has 25 heavy (non-hydrogen) atoms. The van der Waals surface area contributed by atoms with E-state index in [9.17, 15) is 0 Å². The number of hydrogen-bond donors (Lipinski definition) is 0. The summed E-state index contributed by atoms with van der Waals surface area (Å²) >= 11 is 1.53. The molecule has 0 aliphatic carbocycles. The molecule has 0 aliphatic rings. The third kappa shape index (κ3) is 4.41. The van der Waals surface area contributed by atoms with E-state index in [4.69, 9.17) is 0 Å². The van der Waals surface area contributed by atoms with E-state index in [1.807, 2.05) is 4.68 Å². The van der Waals surface area contributed by atoms with Crippen molar-refractivity contribution in [2.75, 3.05) is 0 Å². The summed E-state index contributed by atoms with van der Waals surface area (Å²) in [7, 11) is 0. The molecule has 0 bridgehead atoms. The van der Waals surface area contributed by atoms with Gasteiger partial charge in [0.15, 0.2) is 5.82 Å². The Labute approximate surface area is 151 Å². The Morgan fingerprint density at radius 3 is 2.52 bits per heavy atom. The number of thioether (sulfide) groups is 1. The molecule has 1 aromatic carbocycles. The predicted molar refractivity (Wildman–Crippen MR) is 95.4 cm³/mol. The Bertz CT molecular complexity index is 780. The molecule has 0 unspecified atom stereocenters. The summed E-state index contributed by atoms with van der Waals surface area (Å²) in [5.41, 5.74) is 2.30. The van der Waals surface area contributed by atoms with Crippen LogP contribution in [-0.4, -0.2) is 40.4 Å². The average Bonchev–Trinajstić information content (AvgIpc) is 3.28. The van der Waals surface area contributed by atoms with Crippen molar-refractivity contribution in [3.8, 4) is 5.69 Å². The highest BCUT2D eigenvalue weighted by Gasteiger charge is 2.12. The standard InChI is InChI=1S/C16H22N8S/c1-3-5-6-13-7-9-14(10-8-13)24-16(18-20-22-24)25-12-15-17-19-21-23(15)11-4-2/h7-10H,3-6,11-12H2,1-2H3. The monoisotopic (exact) mass is 358 g/mol. The fraction of sp³-hybridized carbons (Fsp3) is 0.500. The van der Waals surface area contributed by atoms with Crippen molar-refractivity contribution in [1.29, 1.82) is 0 Å². The van der Waals surface area contributed by atoms with Crippen LogP contribution in [0, 0.1) is 0 Å². The maximum absolute atomic E-state index is 4.13. The van der Waals surface area contributed by atoms with Crippen LogP contribution in [0.2, 0.25) is 0 Å². The van der Waals surface area contributed by atoms with Gasteiger partial charge in [-0.25, -0.2) is 4.68 Å². The van der Waals surface area contributed by atoms with Gasteiger partial charge in [-0.1, -0.05) is 44.2 Å². The largest absolute Gasteiger partial charge is 0.229 e. The zero-order valence-corrected chi connectivity index (χ0v) is 15.4. The summed E-state index contributed by atoms with van der Waals surface area (Å²) in [5.74, 6) is 1.46. The van der Waals surface area contributed by atoms with Crippen molar-refractivity contribution >= 4 is 11.8 Å². The van der Waals surface area contributed by atoms with E-state index in [0.717, 1.165) is 36.1 Å². The molecule has 0 fully saturated rings. The van der Waals surface area contributed by atoms with Gasteiger partial charge in [-0.2, -0.15) is 4.68 Å². The molecule has 0 N–H and O–H groups in total. The predicted octanol–water partition coefficient (Wildman–Crippen LogP) is 2.69. The highest BCUT2D eigenvalue weighted by molar-refractivity contribution is 7.98. The van der Waals surface area contributed by atoms with Crippen LogP contribution in [-0.2, 0) is 18.7 Å². The molecule has 3 rings (SSSR count). The Morgan fingerprint density at radius 1 is 0.960 bits per heavy atom. The molecule has 0 amide bonds. The first kappa shape index (κ1) is 17.5. The van der Waals surface area contributed by atoms with E-state index in [2.05, 4.69) is 69.2 Å². The molecule has 3 aromatic rings. The van der Waals surface area contributed by atoms with Crippen LogP contribution in [0.25, 0.3) is 5.69 Å². The van der Waals surface area contributed by atoms with Gasteiger partial charge in [-0.3, -0.25) is 0 Å². The highest BCUT2D eigenvalue weighted by atomic mass is 32.2. The number of aryl methyl sites for hydroxylation is 2. The van der Waals surface area contributed by atoms with E-state index in [1.54, 1.807) is 4.68 Å². The van der Waals surface area contributed by atoms with Gasteiger partial charge in [0.05, 0.1) is 11.4 Å². The highest BCUT2D eigenvalue weighted by Crippen LogP contribution is 2.22. The van der Waals surface area contributed by atoms with Crippen LogP contribution in [0.4, 0.5) is 0 Å². The minimum atomic E-state index is 0.627. The number of hydrogen-bond acceptors (Lipinski definition) is 7. The lowest BCUT2D eigenvalue weighted by atomic mass is 10.1. The first-order chi connectivity index (χ1) is 12.3. The number of benzene rings is 1. The van der Waals surface area contributed by atoms with Gasteiger partial charge in [-0.15, -0.1) is 10.2 Å². The van der Waals surface area contributed by atoms with Gasteiger partial charge in [0, 0.05) is 6.54 Å². The quantitative estimate of drug-likeness (QED) is 0.543. The van der Waals surface area contributed by atoms with E-state index in [1.165, 1.54) is 30.2 Å². The first-order valence-electron chi connectivity index (χ1n) is 8.57. The number of aromatic nitrogens is 8. The van der Waals surface area contributed by atoms with Crippen LogP contribution in [0.1, 0.15) is 44.5 Å². The first-order valence-corrected chi connectivity index (χ1v) is 9.56. The van der Waals surface area contributed by atoms with Gasteiger partial charge in [0.25, 0.3) is 0 Å². The third-order valence-electron chi connectivity index (χ3n) is 3.81. The second-order valence-corrected chi connectivity index (χ2v) is 6.69. The van der Waals surface area contributed by atoms with Gasteiger partial charge >= 0.3 is 0 Å². The van der Waals surface area contributed by atoms with Crippen LogP contribution in [0.15, 0.2) is 29.4 Å². The molecule has 132 valence electrons. The number of rotatable bonds is 9. The molecular weight excluding hydrogens is 336 g/mol. The maximum Gasteiger partial charge on any atom is 0.214 e. The number of tetrazole rings is 2. The SMILES string of the molecule is CCCCc1ccc(-n2nnnc2SCc2nnnn2CCC)cc1. The summed E-state index contributed by atoms with van der Waals surface area (Å²) in [5, 5.41) is 24.6. The third-order valence-corrected chi connectivity index (χ3v) is 4.73. The van der Waals surface area contributed by atoms with Gasteiger partial charge in [0.2, 0.25) is 5.16 Å². The molecular formula is C16H22N8S. The maximum atomic E-state index is 4.13. The molecule has 0 spiro atoms. The van der Waals surface area contributed by atoms with Crippen molar-refractivity contribution in [3.05, 3.63) is 35.7 Å². The molecule has 0 saturated carbocycles. The zero-order chi connectivity index (χ0) is 17.5. The van der Waals surface area contributed by atoms with Gasteiger partial charge in [-0.05, 0) is 57.8 Å². The molecule has 8 nitrogen and oxygen atoms in total. The molecule has 0 aliphatic heterocycles. The van der Waals surface area contributed by atoms with E-state index in [0.29, 0.717) is 5.75 Å². The summed E-state index contributed by atoms with van der Waals surface area (Å²) in [6.07, 6.45) is 4.50. The lowest BCUT2D eigenvalue weighted by Crippen LogP contribution is -2.05. The van der Waals surface area contributed by atoms with Crippen molar-refractivity contribution < 1.29 is 0 Å². The topological polar surface area (TPSA) is 87.2 Å². The van der Waals surface area contributed by atoms with Crippen LogP contribution < -0.4 is 0 Å². The molecule has 0 saturated heterocycles. The van der Waals surface area contributed by atoms with Crippen LogP contribution in [0.5, 0.6) is 0 Å². The fourth-order valence-electron chi connectivity index (χ4n) is 2.46. The fourth-order valence-corrected chi connectivity index (χ4v) is 3.28. The average molecular weight is 358 g/mol. The summed E-state index contributed by atoms with van der Waals surface area (Å²) in [6, 6.07) is 8.41. The lowest BCUT2D eigenvalue weighted by molar-refractivity contribution is 0.564. The Kier molecular flexibility index (Phi) is 6.10. The van der Waals surface area contributed by atoms with Crippen LogP contribution in [0.3, 0.4) is 0 Å². The van der Waals surface area contributed by atoms with E-state index in [-0.39, 0.29) is 0 Å². The Morgan fingerprint density at radius 2 is 1.76 bits per heavy atom. The minimum Gasteiger partial charge on any atom is -0.229 e. The Balaban J connectivity index is 1.69. The molecule has 0 radical (unpaired) electrons. The second kappa shape index (κ2) is 8.70. The second-order valence-electron chi connectivity index (χ2n) is 5.75. The molecule has 9 heteroatoms. The minimum absolute atomic E-state index is 0.627. The number of unbranched alkanes of at least 4 members (excludes halogenated alkanes) is 1. The van der Waals surface area contributed by atoms with Crippen molar-refractivity contribution in [2.24, 2.45) is 0 Å². The van der Waals surface area contributed by atoms with Crippen molar-refractivity contribution in [1.82, 2.24) is 40.4 Å². The lowest BCUT2D eigenvalue weighted by Gasteiger charge is -2.06. The molecule has 0 atom stereocenters. The summed E-state index contributed by atoms with van der Waals surface area (Å²) in [6.45, 7) is 5.12. The number of nitrogens with zero attached hydrogens (tertiary/aromatic N) is 8.